The second kappa shape index (κ2) is 5.64. The largest absolute Gasteiger partial charge is 0.495 e. The van der Waals surface area contributed by atoms with Crippen LogP contribution in [0.1, 0.15) is 31.7 Å². The minimum atomic E-state index is -0.526. The number of ether oxygens (including phenoxy) is 2. The number of rotatable bonds is 5. The summed E-state index contributed by atoms with van der Waals surface area (Å²) in [5.41, 5.74) is 0.317. The van der Waals surface area contributed by atoms with E-state index < -0.39 is 5.54 Å². The highest BCUT2D eigenvalue weighted by Crippen LogP contribution is 2.50. The van der Waals surface area contributed by atoms with Crippen molar-refractivity contribution in [1.29, 1.82) is 0 Å². The van der Waals surface area contributed by atoms with E-state index in [1.165, 1.54) is 0 Å². The summed E-state index contributed by atoms with van der Waals surface area (Å²) in [5, 5.41) is 0.494. The molecule has 5 heteroatoms. The molecule has 19 heavy (non-hydrogen) atoms. The maximum absolute atomic E-state index is 10.7. The molecule has 4 nitrogen and oxygen atoms in total. The molecule has 2 rings (SSSR count). The van der Waals surface area contributed by atoms with Gasteiger partial charge in [0.15, 0.2) is 0 Å². The molecular weight excluding hydrogens is 266 g/mol. The van der Waals surface area contributed by atoms with Gasteiger partial charge in [-0.15, -0.1) is 0 Å². The molecule has 0 aromatic heterocycles. The summed E-state index contributed by atoms with van der Waals surface area (Å²) in [4.78, 5) is 14.7. The predicted molar refractivity (Wildman–Crippen MR) is 72.8 cm³/mol. The van der Waals surface area contributed by atoms with Crippen LogP contribution < -0.4 is 9.47 Å². The SMILES string of the molecule is CCOc1cc(OC)c(Cl)cc1C1(N=C=O)CCC1. The molecule has 1 aromatic carbocycles. The summed E-state index contributed by atoms with van der Waals surface area (Å²) in [6.07, 6.45) is 4.32. The lowest BCUT2D eigenvalue weighted by Gasteiger charge is -2.38. The molecule has 0 aliphatic heterocycles. The summed E-state index contributed by atoms with van der Waals surface area (Å²) in [7, 11) is 1.55. The van der Waals surface area contributed by atoms with Crippen LogP contribution in [0, 0.1) is 0 Å². The Labute approximate surface area is 117 Å². The third-order valence-electron chi connectivity index (χ3n) is 3.50. The van der Waals surface area contributed by atoms with Crippen molar-refractivity contribution >= 4 is 17.7 Å². The van der Waals surface area contributed by atoms with E-state index in [1.807, 2.05) is 6.92 Å². The highest BCUT2D eigenvalue weighted by atomic mass is 35.5. The van der Waals surface area contributed by atoms with Gasteiger partial charge in [-0.1, -0.05) is 11.6 Å². The minimum Gasteiger partial charge on any atom is -0.495 e. The van der Waals surface area contributed by atoms with Crippen LogP contribution in [0.25, 0.3) is 0 Å². The molecule has 0 unspecified atom stereocenters. The maximum Gasteiger partial charge on any atom is 0.235 e. The molecule has 1 aliphatic carbocycles. The van der Waals surface area contributed by atoms with E-state index in [1.54, 1.807) is 25.3 Å². The first kappa shape index (κ1) is 13.9. The van der Waals surface area contributed by atoms with Gasteiger partial charge in [0.2, 0.25) is 6.08 Å². The number of halogens is 1. The Hall–Kier alpha value is -1.51. The molecule has 0 radical (unpaired) electrons. The van der Waals surface area contributed by atoms with Crippen molar-refractivity contribution in [1.82, 2.24) is 0 Å². The van der Waals surface area contributed by atoms with Gasteiger partial charge in [-0.2, -0.15) is 4.99 Å². The lowest BCUT2D eigenvalue weighted by atomic mass is 9.72. The van der Waals surface area contributed by atoms with Crippen LogP contribution in [0.2, 0.25) is 5.02 Å². The van der Waals surface area contributed by atoms with Crippen LogP contribution in [-0.2, 0) is 10.3 Å². The van der Waals surface area contributed by atoms with Gasteiger partial charge < -0.3 is 9.47 Å². The van der Waals surface area contributed by atoms with Crippen molar-refractivity contribution < 1.29 is 14.3 Å². The van der Waals surface area contributed by atoms with Crippen molar-refractivity contribution in [2.45, 2.75) is 31.7 Å². The molecule has 0 saturated heterocycles. The van der Waals surface area contributed by atoms with Gasteiger partial charge in [0.05, 0.1) is 18.7 Å². The van der Waals surface area contributed by atoms with Gasteiger partial charge in [-0.25, -0.2) is 4.79 Å². The molecular formula is C14H16ClNO3. The van der Waals surface area contributed by atoms with E-state index in [-0.39, 0.29) is 0 Å². The van der Waals surface area contributed by atoms with E-state index in [0.717, 1.165) is 24.8 Å². The fraction of sp³-hybridized carbons (Fsp3) is 0.500. The van der Waals surface area contributed by atoms with Crippen molar-refractivity contribution in [3.63, 3.8) is 0 Å². The van der Waals surface area contributed by atoms with Crippen LogP contribution in [0.5, 0.6) is 11.5 Å². The highest BCUT2D eigenvalue weighted by molar-refractivity contribution is 6.32. The zero-order valence-corrected chi connectivity index (χ0v) is 11.8. The number of hydrogen-bond donors (Lipinski definition) is 0. The second-order valence-corrected chi connectivity index (χ2v) is 4.91. The minimum absolute atomic E-state index is 0.494. The Morgan fingerprint density at radius 3 is 2.63 bits per heavy atom. The highest BCUT2D eigenvalue weighted by Gasteiger charge is 2.41. The molecule has 0 N–H and O–H groups in total. The van der Waals surface area contributed by atoms with Gasteiger partial charge in [-0.05, 0) is 32.3 Å². The lowest BCUT2D eigenvalue weighted by Crippen LogP contribution is -2.32. The van der Waals surface area contributed by atoms with Crippen LogP contribution in [-0.4, -0.2) is 19.8 Å². The normalized spacial score (nSPS) is 16.2. The molecule has 1 aliphatic rings. The number of nitrogens with zero attached hydrogens (tertiary/aromatic N) is 1. The number of hydrogen-bond acceptors (Lipinski definition) is 4. The van der Waals surface area contributed by atoms with Crippen molar-refractivity contribution in [3.8, 4) is 11.5 Å². The topological polar surface area (TPSA) is 47.9 Å². The average Bonchev–Trinajstić information content (AvgIpc) is 2.36. The second-order valence-electron chi connectivity index (χ2n) is 4.50. The fourth-order valence-electron chi connectivity index (χ4n) is 2.37. The molecule has 0 bridgehead atoms. The molecule has 0 atom stereocenters. The zero-order valence-electron chi connectivity index (χ0n) is 11.0. The lowest BCUT2D eigenvalue weighted by molar-refractivity contribution is 0.239. The summed E-state index contributed by atoms with van der Waals surface area (Å²) in [6, 6.07) is 3.53. The van der Waals surface area contributed by atoms with E-state index in [4.69, 9.17) is 21.1 Å². The van der Waals surface area contributed by atoms with Gasteiger partial charge >= 0.3 is 0 Å². The number of isocyanates is 1. The standard InChI is InChI=1S/C14H16ClNO3/c1-3-19-12-8-13(18-2)11(15)7-10(12)14(16-9-17)5-4-6-14/h7-8H,3-6H2,1-2H3. The predicted octanol–water partition coefficient (Wildman–Crippen LogP) is 3.46. The van der Waals surface area contributed by atoms with Crippen molar-refractivity contribution in [2.24, 2.45) is 4.99 Å². The number of aliphatic imine (C=N–C) groups is 1. The summed E-state index contributed by atoms with van der Waals surface area (Å²) < 4.78 is 10.8. The zero-order chi connectivity index (χ0) is 13.9. The smallest absolute Gasteiger partial charge is 0.235 e. The summed E-state index contributed by atoms with van der Waals surface area (Å²) in [5.74, 6) is 1.22. The first-order valence-corrected chi connectivity index (χ1v) is 6.64. The first-order valence-electron chi connectivity index (χ1n) is 6.26. The van der Waals surface area contributed by atoms with E-state index >= 15 is 0 Å². The summed E-state index contributed by atoms with van der Waals surface area (Å²) >= 11 is 6.17. The van der Waals surface area contributed by atoms with Crippen LogP contribution >= 0.6 is 11.6 Å². The first-order chi connectivity index (χ1) is 9.16. The third kappa shape index (κ3) is 2.46. The summed E-state index contributed by atoms with van der Waals surface area (Å²) in [6.45, 7) is 2.43. The molecule has 1 aromatic rings. The molecule has 102 valence electrons. The van der Waals surface area contributed by atoms with Crippen molar-refractivity contribution in [3.05, 3.63) is 22.7 Å². The number of carbonyl (C=O) groups excluding carboxylic acids is 1. The fourth-order valence-corrected chi connectivity index (χ4v) is 2.61. The molecule has 0 heterocycles. The van der Waals surface area contributed by atoms with Gasteiger partial charge in [0.25, 0.3) is 0 Å². The Morgan fingerprint density at radius 1 is 1.42 bits per heavy atom. The van der Waals surface area contributed by atoms with E-state index in [0.29, 0.717) is 23.1 Å². The molecule has 0 spiro atoms. The van der Waals surface area contributed by atoms with Gasteiger partial charge in [0.1, 0.15) is 17.0 Å². The van der Waals surface area contributed by atoms with Crippen molar-refractivity contribution in [2.75, 3.05) is 13.7 Å². The Kier molecular flexibility index (Phi) is 4.13. The Morgan fingerprint density at radius 2 is 2.16 bits per heavy atom. The molecule has 0 amide bonds. The Bertz CT molecular complexity index is 520. The molecule has 1 fully saturated rings. The molecule has 1 saturated carbocycles. The van der Waals surface area contributed by atoms with Crippen LogP contribution in [0.4, 0.5) is 0 Å². The average molecular weight is 282 g/mol. The maximum atomic E-state index is 10.7. The van der Waals surface area contributed by atoms with Gasteiger partial charge in [-0.3, -0.25) is 0 Å². The quantitative estimate of drug-likeness (QED) is 0.613. The number of benzene rings is 1. The van der Waals surface area contributed by atoms with Crippen LogP contribution in [0.3, 0.4) is 0 Å². The van der Waals surface area contributed by atoms with E-state index in [2.05, 4.69) is 4.99 Å². The van der Waals surface area contributed by atoms with Gasteiger partial charge in [0, 0.05) is 11.6 Å². The monoisotopic (exact) mass is 281 g/mol. The third-order valence-corrected chi connectivity index (χ3v) is 3.79. The number of methoxy groups -OCH3 is 1. The van der Waals surface area contributed by atoms with E-state index in [9.17, 15) is 4.79 Å². The Balaban J connectivity index is 2.54. The van der Waals surface area contributed by atoms with Crippen LogP contribution in [0.15, 0.2) is 17.1 Å².